The molecule has 0 aliphatic carbocycles. The van der Waals surface area contributed by atoms with Crippen molar-refractivity contribution in [2.75, 3.05) is 52.4 Å². The summed E-state index contributed by atoms with van der Waals surface area (Å²) in [6, 6.07) is 0. The molecule has 155 valence electrons. The van der Waals surface area contributed by atoms with Gasteiger partial charge in [0.2, 0.25) is 0 Å². The van der Waals surface area contributed by atoms with E-state index in [1.54, 1.807) is 0 Å². The zero-order chi connectivity index (χ0) is 19.4. The molecule has 25 heavy (non-hydrogen) atoms. The number of carboxylic acid groups (broad SMARTS) is 2. The molecule has 0 atom stereocenters. The molecule has 0 heterocycles. The molecule has 0 amide bonds. The molecule has 0 aromatic heterocycles. The van der Waals surface area contributed by atoms with E-state index < -0.39 is 11.9 Å². The standard InChI is InChI=1S/2C7H18N2.C2H2O4.Cu/c2*1-3-9(4-2)7-5-6-8;3-1(4)2(5)6;/h2*3-8H2,1-2H3;(H,3,4)(H,5,6);/q;;;+2/p-2. The zero-order valence-electron chi connectivity index (χ0n) is 16.1. The van der Waals surface area contributed by atoms with Gasteiger partial charge in [-0.2, -0.15) is 0 Å². The quantitative estimate of drug-likeness (QED) is 0.306. The van der Waals surface area contributed by atoms with E-state index in [9.17, 15) is 0 Å². The molecule has 0 unspecified atom stereocenters. The average Bonchev–Trinajstić information content (AvgIpc) is 2.58. The van der Waals surface area contributed by atoms with E-state index in [1.165, 1.54) is 0 Å². The van der Waals surface area contributed by atoms with Gasteiger partial charge in [0, 0.05) is 0 Å². The van der Waals surface area contributed by atoms with Crippen molar-refractivity contribution in [3.63, 3.8) is 0 Å². The van der Waals surface area contributed by atoms with Crippen LogP contribution in [-0.4, -0.2) is 74.1 Å². The van der Waals surface area contributed by atoms with Gasteiger partial charge in [0.15, 0.2) is 0 Å². The van der Waals surface area contributed by atoms with Gasteiger partial charge in [-0.15, -0.1) is 0 Å². The topological polar surface area (TPSA) is 139 Å². The molecule has 0 aliphatic heterocycles. The minimum absolute atomic E-state index is 0. The van der Waals surface area contributed by atoms with Gasteiger partial charge in [0.05, 0.1) is 11.9 Å². The van der Waals surface area contributed by atoms with E-state index in [2.05, 4.69) is 37.5 Å². The van der Waals surface area contributed by atoms with E-state index in [-0.39, 0.29) is 17.1 Å². The second-order valence-corrected chi connectivity index (χ2v) is 4.91. The molecule has 0 saturated carbocycles. The van der Waals surface area contributed by atoms with Gasteiger partial charge in [-0.25, -0.2) is 0 Å². The largest absolute Gasteiger partial charge is 2.00 e. The van der Waals surface area contributed by atoms with Gasteiger partial charge in [0.25, 0.3) is 0 Å². The van der Waals surface area contributed by atoms with Crippen LogP contribution in [0.4, 0.5) is 0 Å². The number of nitrogens with zero attached hydrogens (tertiary/aromatic N) is 2. The summed E-state index contributed by atoms with van der Waals surface area (Å²) in [7, 11) is 0. The molecular weight excluding hydrogens is 376 g/mol. The van der Waals surface area contributed by atoms with Crippen LogP contribution in [0.15, 0.2) is 0 Å². The summed E-state index contributed by atoms with van der Waals surface area (Å²) >= 11 is 0. The maximum Gasteiger partial charge on any atom is 2.00 e. The van der Waals surface area contributed by atoms with Gasteiger partial charge in [-0.3, -0.25) is 0 Å². The fraction of sp³-hybridized carbons (Fsp3) is 0.875. The summed E-state index contributed by atoms with van der Waals surface area (Å²) in [5, 5.41) is 17.9. The first-order valence-corrected chi connectivity index (χ1v) is 8.61. The van der Waals surface area contributed by atoms with Crippen LogP contribution in [-0.2, 0) is 26.7 Å². The number of rotatable bonds is 10. The normalized spacial score (nSPS) is 9.44. The molecule has 0 fully saturated rings. The molecule has 0 rings (SSSR count). The van der Waals surface area contributed by atoms with Crippen molar-refractivity contribution < 1.29 is 36.9 Å². The van der Waals surface area contributed by atoms with Gasteiger partial charge < -0.3 is 41.1 Å². The average molecular weight is 412 g/mol. The Morgan fingerprint density at radius 2 is 0.960 bits per heavy atom. The minimum Gasteiger partial charge on any atom is -0.543 e. The fourth-order valence-electron chi connectivity index (χ4n) is 1.71. The molecule has 0 bridgehead atoms. The molecule has 1 radical (unpaired) electrons. The van der Waals surface area contributed by atoms with E-state index in [4.69, 9.17) is 31.3 Å². The summed E-state index contributed by atoms with van der Waals surface area (Å²) in [5.41, 5.74) is 10.7. The molecular formula is C16H36CuN4O4. The predicted molar refractivity (Wildman–Crippen MR) is 92.9 cm³/mol. The summed E-state index contributed by atoms with van der Waals surface area (Å²) < 4.78 is 0. The Bertz CT molecular complexity index is 261. The summed E-state index contributed by atoms with van der Waals surface area (Å²) in [5.74, 6) is -4.37. The van der Waals surface area contributed by atoms with Gasteiger partial charge in [-0.1, -0.05) is 27.7 Å². The van der Waals surface area contributed by atoms with Gasteiger partial charge in [0.1, 0.15) is 0 Å². The van der Waals surface area contributed by atoms with E-state index in [1.807, 2.05) is 0 Å². The van der Waals surface area contributed by atoms with Crippen LogP contribution in [0, 0.1) is 0 Å². The summed E-state index contributed by atoms with van der Waals surface area (Å²) in [6.45, 7) is 17.3. The number of carbonyl (C=O) groups excluding carboxylic acids is 2. The van der Waals surface area contributed by atoms with Crippen LogP contribution >= 0.6 is 0 Å². The van der Waals surface area contributed by atoms with E-state index in [0.29, 0.717) is 0 Å². The van der Waals surface area contributed by atoms with Crippen LogP contribution < -0.4 is 21.7 Å². The number of carboxylic acids is 2. The van der Waals surface area contributed by atoms with Crippen LogP contribution in [0.3, 0.4) is 0 Å². The van der Waals surface area contributed by atoms with E-state index >= 15 is 0 Å². The monoisotopic (exact) mass is 411 g/mol. The van der Waals surface area contributed by atoms with Crippen molar-refractivity contribution in [1.82, 2.24) is 9.80 Å². The first kappa shape index (κ1) is 32.0. The molecule has 0 aromatic rings. The third-order valence-electron chi connectivity index (χ3n) is 3.31. The Balaban J connectivity index is -0.000000133. The van der Waals surface area contributed by atoms with Crippen molar-refractivity contribution in [3.05, 3.63) is 0 Å². The Morgan fingerprint density at radius 1 is 0.720 bits per heavy atom. The van der Waals surface area contributed by atoms with E-state index in [0.717, 1.165) is 65.2 Å². The Labute approximate surface area is 163 Å². The number of hydrogen-bond acceptors (Lipinski definition) is 8. The molecule has 4 N–H and O–H groups in total. The molecule has 8 nitrogen and oxygen atoms in total. The fourth-order valence-corrected chi connectivity index (χ4v) is 1.71. The van der Waals surface area contributed by atoms with Crippen molar-refractivity contribution in [1.29, 1.82) is 0 Å². The number of aliphatic carboxylic acids is 2. The Morgan fingerprint density at radius 3 is 1.08 bits per heavy atom. The SMILES string of the molecule is CCN(CC)CCCN.CCN(CC)CCCN.O=C([O-])C(=O)[O-].[Cu+2]. The first-order chi connectivity index (χ1) is 11.3. The third kappa shape index (κ3) is 28.4. The third-order valence-corrected chi connectivity index (χ3v) is 3.31. The molecule has 0 saturated heterocycles. The molecule has 0 aliphatic rings. The van der Waals surface area contributed by atoms with Crippen LogP contribution in [0.25, 0.3) is 0 Å². The van der Waals surface area contributed by atoms with Crippen molar-refractivity contribution in [2.24, 2.45) is 11.5 Å². The first-order valence-electron chi connectivity index (χ1n) is 8.61. The zero-order valence-corrected chi connectivity index (χ0v) is 17.0. The summed E-state index contributed by atoms with van der Waals surface area (Å²) in [4.78, 5) is 22.6. The maximum atomic E-state index is 8.93. The Hall–Kier alpha value is -0.701. The number of hydrogen-bond donors (Lipinski definition) is 2. The molecule has 9 heteroatoms. The maximum absolute atomic E-state index is 8.93. The van der Waals surface area contributed by atoms with Gasteiger partial charge in [-0.05, 0) is 65.2 Å². The van der Waals surface area contributed by atoms with Crippen LogP contribution in [0.1, 0.15) is 40.5 Å². The number of carbonyl (C=O) groups is 2. The second-order valence-electron chi connectivity index (χ2n) is 4.91. The van der Waals surface area contributed by atoms with Gasteiger partial charge >= 0.3 is 17.1 Å². The van der Waals surface area contributed by atoms with Crippen molar-refractivity contribution in [3.8, 4) is 0 Å². The smallest absolute Gasteiger partial charge is 0.543 e. The van der Waals surface area contributed by atoms with Crippen LogP contribution in [0.2, 0.25) is 0 Å². The molecule has 0 spiro atoms. The Kier molecular flexibility index (Phi) is 32.7. The summed E-state index contributed by atoms with van der Waals surface area (Å²) in [6.07, 6.45) is 2.25. The van der Waals surface area contributed by atoms with Crippen LogP contribution in [0.5, 0.6) is 0 Å². The second kappa shape index (κ2) is 25.5. The van der Waals surface area contributed by atoms with Crippen molar-refractivity contribution in [2.45, 2.75) is 40.5 Å². The minimum atomic E-state index is -2.19. The predicted octanol–water partition coefficient (Wildman–Crippen LogP) is -2.16. The molecule has 0 aromatic carbocycles. The van der Waals surface area contributed by atoms with Crippen molar-refractivity contribution >= 4 is 11.9 Å². The number of nitrogens with two attached hydrogens (primary N) is 2.